The Balaban J connectivity index is 2.75. The first kappa shape index (κ1) is 9.18. The van der Waals surface area contributed by atoms with E-state index in [2.05, 4.69) is 6.07 Å². The van der Waals surface area contributed by atoms with Gasteiger partial charge in [-0.3, -0.25) is 0 Å². The third-order valence-electron chi connectivity index (χ3n) is 1.94. The molecule has 0 aliphatic carbocycles. The summed E-state index contributed by atoms with van der Waals surface area (Å²) in [6.07, 6.45) is 0. The average molecular weight is 206 g/mol. The predicted molar refractivity (Wildman–Crippen MR) is 54.2 cm³/mol. The van der Waals surface area contributed by atoms with Crippen molar-refractivity contribution in [2.24, 2.45) is 5.14 Å². The lowest BCUT2D eigenvalue weighted by atomic mass is 10.1. The highest BCUT2D eigenvalue weighted by Crippen LogP contribution is 2.16. The Labute approximate surface area is 82.2 Å². The van der Waals surface area contributed by atoms with E-state index in [1.54, 1.807) is 12.1 Å². The molecule has 0 unspecified atom stereocenters. The number of benzene rings is 2. The summed E-state index contributed by atoms with van der Waals surface area (Å²) in [4.78, 5) is 0.0243. The number of fused-ring (bicyclic) bond motifs is 1. The third kappa shape index (κ3) is 1.62. The summed E-state index contributed by atoms with van der Waals surface area (Å²) >= 11 is 0. The highest BCUT2D eigenvalue weighted by molar-refractivity contribution is 7.89. The molecule has 0 heterocycles. The van der Waals surface area contributed by atoms with Crippen molar-refractivity contribution < 1.29 is 8.42 Å². The second-order valence-corrected chi connectivity index (χ2v) is 4.48. The maximum atomic E-state index is 11.0. The van der Waals surface area contributed by atoms with E-state index in [-0.39, 0.29) is 4.90 Å². The second kappa shape index (κ2) is 3.08. The molecule has 0 amide bonds. The van der Waals surface area contributed by atoms with Gasteiger partial charge in [-0.25, -0.2) is 13.6 Å². The summed E-state index contributed by atoms with van der Waals surface area (Å²) < 4.78 is 22.0. The fraction of sp³-hybridized carbons (Fsp3) is 0. The van der Waals surface area contributed by atoms with E-state index in [4.69, 9.17) is 5.14 Å². The summed E-state index contributed by atoms with van der Waals surface area (Å²) in [6, 6.07) is 13.3. The number of hydrogen-bond donors (Lipinski definition) is 1. The minimum atomic E-state index is -3.65. The molecule has 0 aromatic heterocycles. The molecule has 0 fully saturated rings. The fourth-order valence-electron chi connectivity index (χ4n) is 1.26. The number of nitrogens with two attached hydrogens (primary N) is 1. The van der Waals surface area contributed by atoms with E-state index in [1.807, 2.05) is 18.2 Å². The molecule has 0 bridgehead atoms. The minimum Gasteiger partial charge on any atom is -0.225 e. The van der Waals surface area contributed by atoms with Crippen LogP contribution < -0.4 is 5.14 Å². The van der Waals surface area contributed by atoms with Crippen molar-refractivity contribution in [2.45, 2.75) is 4.90 Å². The molecule has 0 saturated carbocycles. The molecule has 0 saturated heterocycles. The van der Waals surface area contributed by atoms with Gasteiger partial charge in [-0.2, -0.15) is 0 Å². The van der Waals surface area contributed by atoms with Gasteiger partial charge in [-0.05, 0) is 16.8 Å². The Morgan fingerprint density at radius 2 is 1.79 bits per heavy atom. The first-order valence-electron chi connectivity index (χ1n) is 4.01. The lowest BCUT2D eigenvalue weighted by molar-refractivity contribution is 0.598. The van der Waals surface area contributed by atoms with E-state index < -0.39 is 10.0 Å². The number of sulfonamides is 1. The van der Waals surface area contributed by atoms with Crippen molar-refractivity contribution >= 4 is 20.8 Å². The Morgan fingerprint density at radius 1 is 1.07 bits per heavy atom. The monoisotopic (exact) mass is 206 g/mol. The molecule has 2 N–H and O–H groups in total. The van der Waals surface area contributed by atoms with Crippen molar-refractivity contribution in [3.63, 3.8) is 0 Å². The molecule has 2 rings (SSSR count). The van der Waals surface area contributed by atoms with Gasteiger partial charge in [-0.1, -0.05) is 30.3 Å². The van der Waals surface area contributed by atoms with Crippen molar-refractivity contribution in [1.82, 2.24) is 0 Å². The highest BCUT2D eigenvalue weighted by atomic mass is 32.2. The molecule has 2 aromatic carbocycles. The van der Waals surface area contributed by atoms with Gasteiger partial charge >= 0.3 is 0 Å². The molecular formula is C10H8NO2S. The average Bonchev–Trinajstić information content (AvgIpc) is 2.16. The lowest BCUT2D eigenvalue weighted by Gasteiger charge is -1.99. The Morgan fingerprint density at radius 3 is 2.50 bits per heavy atom. The smallest absolute Gasteiger partial charge is 0.225 e. The van der Waals surface area contributed by atoms with Crippen LogP contribution in [0.2, 0.25) is 0 Å². The van der Waals surface area contributed by atoms with Crippen LogP contribution in [0.25, 0.3) is 10.8 Å². The minimum absolute atomic E-state index is 0.0243. The molecule has 0 aliphatic heterocycles. The third-order valence-corrected chi connectivity index (χ3v) is 2.79. The van der Waals surface area contributed by atoms with Gasteiger partial charge in [0.1, 0.15) is 0 Å². The molecule has 3 nitrogen and oxygen atoms in total. The standard InChI is InChI=1S/C10H8NO2S/c11-14(12,13)10-6-5-8-3-1-2-4-9(8)7-10/h1-6H,(H2,11,12,13). The number of hydrogen-bond acceptors (Lipinski definition) is 2. The number of primary sulfonamides is 1. The largest absolute Gasteiger partial charge is 0.238 e. The van der Waals surface area contributed by atoms with Crippen molar-refractivity contribution in [2.75, 3.05) is 0 Å². The van der Waals surface area contributed by atoms with E-state index >= 15 is 0 Å². The van der Waals surface area contributed by atoms with E-state index in [1.165, 1.54) is 6.07 Å². The normalized spacial score (nSPS) is 11.8. The van der Waals surface area contributed by atoms with Crippen LogP contribution in [0.1, 0.15) is 0 Å². The highest BCUT2D eigenvalue weighted by Gasteiger charge is 2.07. The first-order chi connectivity index (χ1) is 6.57. The number of rotatable bonds is 1. The lowest BCUT2D eigenvalue weighted by Crippen LogP contribution is -2.11. The second-order valence-electron chi connectivity index (χ2n) is 2.95. The Hall–Kier alpha value is -1.39. The van der Waals surface area contributed by atoms with Crippen LogP contribution in [0.15, 0.2) is 41.3 Å². The molecule has 14 heavy (non-hydrogen) atoms. The zero-order valence-electron chi connectivity index (χ0n) is 7.27. The van der Waals surface area contributed by atoms with Gasteiger partial charge in [0.2, 0.25) is 10.0 Å². The van der Waals surface area contributed by atoms with E-state index in [0.717, 1.165) is 10.8 Å². The fourth-order valence-corrected chi connectivity index (χ4v) is 1.77. The molecule has 71 valence electrons. The molecule has 0 aliphatic rings. The summed E-state index contributed by atoms with van der Waals surface area (Å²) in [6.45, 7) is 0. The zero-order valence-corrected chi connectivity index (χ0v) is 8.08. The van der Waals surface area contributed by atoms with Crippen LogP contribution in [0, 0.1) is 6.07 Å². The van der Waals surface area contributed by atoms with Crippen molar-refractivity contribution in [1.29, 1.82) is 0 Å². The van der Waals surface area contributed by atoms with Gasteiger partial charge in [0.05, 0.1) is 4.90 Å². The van der Waals surface area contributed by atoms with Crippen LogP contribution in [-0.4, -0.2) is 8.42 Å². The Bertz CT molecular complexity index is 575. The molecule has 4 heteroatoms. The van der Waals surface area contributed by atoms with E-state index in [9.17, 15) is 8.42 Å². The SMILES string of the molecule is NS(=O)(=O)c1[c]c2ccccc2cc1. The van der Waals surface area contributed by atoms with Crippen LogP contribution in [0.4, 0.5) is 0 Å². The molecule has 0 spiro atoms. The topological polar surface area (TPSA) is 60.2 Å². The van der Waals surface area contributed by atoms with Crippen molar-refractivity contribution in [3.05, 3.63) is 42.5 Å². The first-order valence-corrected chi connectivity index (χ1v) is 5.56. The zero-order chi connectivity index (χ0) is 10.2. The van der Waals surface area contributed by atoms with Crippen LogP contribution in [0.5, 0.6) is 0 Å². The van der Waals surface area contributed by atoms with Gasteiger partial charge in [0.15, 0.2) is 0 Å². The van der Waals surface area contributed by atoms with Crippen LogP contribution in [0.3, 0.4) is 0 Å². The summed E-state index contributed by atoms with van der Waals surface area (Å²) in [5, 5.41) is 6.68. The molecule has 2 aromatic rings. The van der Waals surface area contributed by atoms with Crippen LogP contribution in [-0.2, 0) is 10.0 Å². The van der Waals surface area contributed by atoms with Crippen molar-refractivity contribution in [3.8, 4) is 0 Å². The Kier molecular flexibility index (Phi) is 2.02. The summed E-state index contributed by atoms with van der Waals surface area (Å²) in [5.74, 6) is 0. The van der Waals surface area contributed by atoms with E-state index in [0.29, 0.717) is 0 Å². The molecule has 1 radical (unpaired) electrons. The summed E-state index contributed by atoms with van der Waals surface area (Å²) in [7, 11) is -3.65. The maximum Gasteiger partial charge on any atom is 0.238 e. The van der Waals surface area contributed by atoms with Gasteiger partial charge in [0, 0.05) is 6.07 Å². The van der Waals surface area contributed by atoms with Gasteiger partial charge in [-0.15, -0.1) is 0 Å². The summed E-state index contributed by atoms with van der Waals surface area (Å²) in [5.41, 5.74) is 0. The quantitative estimate of drug-likeness (QED) is 0.764. The maximum absolute atomic E-state index is 11.0. The van der Waals surface area contributed by atoms with Crippen LogP contribution >= 0.6 is 0 Å². The van der Waals surface area contributed by atoms with Gasteiger partial charge in [0.25, 0.3) is 0 Å². The van der Waals surface area contributed by atoms with Gasteiger partial charge < -0.3 is 0 Å². The predicted octanol–water partition coefficient (Wildman–Crippen LogP) is 1.29. The molecule has 0 atom stereocenters. The molecular weight excluding hydrogens is 198 g/mol.